The fourth-order valence-electron chi connectivity index (χ4n) is 1.62. The molecule has 0 bridgehead atoms. The van der Waals surface area contributed by atoms with E-state index in [0.717, 1.165) is 11.3 Å². The standard InChI is InChI=1S/C11H17N3O3S/c1-7(9(15)12-2)4-14(3)5-8-6-18-10(13-8)11(16)17/h6-7H,4-5H2,1-3H3,(H,12,15)(H,16,17). The van der Waals surface area contributed by atoms with Crippen LogP contribution >= 0.6 is 11.3 Å². The molecule has 100 valence electrons. The van der Waals surface area contributed by atoms with E-state index in [4.69, 9.17) is 5.11 Å². The number of carboxylic acids is 1. The molecule has 18 heavy (non-hydrogen) atoms. The molecule has 1 heterocycles. The van der Waals surface area contributed by atoms with Crippen molar-refractivity contribution in [2.45, 2.75) is 13.5 Å². The highest BCUT2D eigenvalue weighted by Crippen LogP contribution is 2.12. The predicted molar refractivity (Wildman–Crippen MR) is 68.6 cm³/mol. The molecule has 1 amide bonds. The van der Waals surface area contributed by atoms with Crippen molar-refractivity contribution in [3.8, 4) is 0 Å². The zero-order valence-electron chi connectivity index (χ0n) is 10.6. The van der Waals surface area contributed by atoms with Gasteiger partial charge in [0.2, 0.25) is 10.9 Å². The number of aromatic carboxylic acids is 1. The maximum atomic E-state index is 11.4. The van der Waals surface area contributed by atoms with Crippen molar-refractivity contribution < 1.29 is 14.7 Å². The second-order valence-electron chi connectivity index (χ2n) is 4.16. The first kappa shape index (κ1) is 14.6. The van der Waals surface area contributed by atoms with Gasteiger partial charge >= 0.3 is 5.97 Å². The molecule has 0 spiro atoms. The summed E-state index contributed by atoms with van der Waals surface area (Å²) < 4.78 is 0. The van der Waals surface area contributed by atoms with Crippen LogP contribution in [0.25, 0.3) is 0 Å². The highest BCUT2D eigenvalue weighted by Gasteiger charge is 2.15. The molecule has 0 fully saturated rings. The SMILES string of the molecule is CNC(=O)C(C)CN(C)Cc1csc(C(=O)O)n1. The number of carbonyl (C=O) groups is 2. The predicted octanol–water partition coefficient (Wildman–Crippen LogP) is 0.655. The second-order valence-corrected chi connectivity index (χ2v) is 5.02. The Morgan fingerprint density at radius 2 is 2.28 bits per heavy atom. The first-order chi connectivity index (χ1) is 8.43. The molecule has 0 aliphatic rings. The van der Waals surface area contributed by atoms with Crippen molar-refractivity contribution in [1.29, 1.82) is 0 Å². The van der Waals surface area contributed by atoms with E-state index in [0.29, 0.717) is 18.8 Å². The van der Waals surface area contributed by atoms with Crippen molar-refractivity contribution in [2.75, 3.05) is 20.6 Å². The average Bonchev–Trinajstić information content (AvgIpc) is 2.76. The Hall–Kier alpha value is -1.47. The molecule has 1 aromatic heterocycles. The van der Waals surface area contributed by atoms with Gasteiger partial charge in [0, 0.05) is 31.4 Å². The lowest BCUT2D eigenvalue weighted by Crippen LogP contribution is -2.34. The minimum Gasteiger partial charge on any atom is -0.476 e. The van der Waals surface area contributed by atoms with Gasteiger partial charge in [0.1, 0.15) is 0 Å². The molecule has 0 aliphatic carbocycles. The summed E-state index contributed by atoms with van der Waals surface area (Å²) in [7, 11) is 3.48. The first-order valence-corrected chi connectivity index (χ1v) is 6.39. The highest BCUT2D eigenvalue weighted by atomic mass is 32.1. The molecular weight excluding hydrogens is 254 g/mol. The van der Waals surface area contributed by atoms with E-state index in [-0.39, 0.29) is 16.8 Å². The molecule has 2 N–H and O–H groups in total. The van der Waals surface area contributed by atoms with E-state index in [9.17, 15) is 9.59 Å². The van der Waals surface area contributed by atoms with Gasteiger partial charge in [-0.3, -0.25) is 9.69 Å². The van der Waals surface area contributed by atoms with Gasteiger partial charge in [0.05, 0.1) is 5.69 Å². The van der Waals surface area contributed by atoms with Crippen LogP contribution in [0.5, 0.6) is 0 Å². The Morgan fingerprint density at radius 1 is 1.61 bits per heavy atom. The van der Waals surface area contributed by atoms with Crippen LogP contribution in [0.1, 0.15) is 22.4 Å². The molecule has 1 unspecified atom stereocenters. The zero-order valence-corrected chi connectivity index (χ0v) is 11.5. The topological polar surface area (TPSA) is 82.5 Å². The molecule has 0 saturated heterocycles. The monoisotopic (exact) mass is 271 g/mol. The summed E-state index contributed by atoms with van der Waals surface area (Å²) >= 11 is 1.11. The summed E-state index contributed by atoms with van der Waals surface area (Å²) in [6.07, 6.45) is 0. The summed E-state index contributed by atoms with van der Waals surface area (Å²) in [5.74, 6) is -1.13. The minimum absolute atomic E-state index is 0.00801. The van der Waals surface area contributed by atoms with E-state index in [2.05, 4.69) is 10.3 Å². The Kier molecular flexibility index (Phi) is 5.24. The number of amides is 1. The lowest BCUT2D eigenvalue weighted by Gasteiger charge is -2.19. The summed E-state index contributed by atoms with van der Waals surface area (Å²) in [5.41, 5.74) is 0.712. The fraction of sp³-hybridized carbons (Fsp3) is 0.545. The third-order valence-electron chi connectivity index (χ3n) is 2.45. The summed E-state index contributed by atoms with van der Waals surface area (Å²) in [6.45, 7) is 2.98. The number of hydrogen-bond donors (Lipinski definition) is 2. The van der Waals surface area contributed by atoms with Crippen LogP contribution in [-0.2, 0) is 11.3 Å². The molecule has 1 atom stereocenters. The lowest BCUT2D eigenvalue weighted by molar-refractivity contribution is -0.124. The quantitative estimate of drug-likeness (QED) is 0.794. The van der Waals surface area contributed by atoms with Crippen LogP contribution in [0.2, 0.25) is 0 Å². The minimum atomic E-state index is -1.01. The number of carboxylic acid groups (broad SMARTS) is 1. The first-order valence-electron chi connectivity index (χ1n) is 5.52. The van der Waals surface area contributed by atoms with Crippen molar-refractivity contribution in [3.05, 3.63) is 16.1 Å². The van der Waals surface area contributed by atoms with Crippen molar-refractivity contribution in [1.82, 2.24) is 15.2 Å². The van der Waals surface area contributed by atoms with Gasteiger partial charge in [-0.25, -0.2) is 9.78 Å². The van der Waals surface area contributed by atoms with E-state index < -0.39 is 5.97 Å². The van der Waals surface area contributed by atoms with Crippen LogP contribution in [0.3, 0.4) is 0 Å². The molecule has 7 heteroatoms. The third-order valence-corrected chi connectivity index (χ3v) is 3.33. The number of rotatable bonds is 6. The number of aromatic nitrogens is 1. The van der Waals surface area contributed by atoms with Gasteiger partial charge in [-0.15, -0.1) is 11.3 Å². The maximum Gasteiger partial charge on any atom is 0.365 e. The van der Waals surface area contributed by atoms with Gasteiger partial charge in [0.15, 0.2) is 0 Å². The lowest BCUT2D eigenvalue weighted by atomic mass is 10.1. The highest BCUT2D eigenvalue weighted by molar-refractivity contribution is 7.11. The van der Waals surface area contributed by atoms with Crippen LogP contribution < -0.4 is 5.32 Å². The Balaban J connectivity index is 2.51. The van der Waals surface area contributed by atoms with Crippen LogP contribution in [-0.4, -0.2) is 47.5 Å². The number of nitrogens with one attached hydrogen (secondary N) is 1. The molecule has 0 aliphatic heterocycles. The molecular formula is C11H17N3O3S. The number of carbonyl (C=O) groups excluding carboxylic acids is 1. The van der Waals surface area contributed by atoms with Gasteiger partial charge in [0.25, 0.3) is 0 Å². The molecule has 1 rings (SSSR count). The van der Waals surface area contributed by atoms with Crippen molar-refractivity contribution in [2.24, 2.45) is 5.92 Å². The molecule has 0 aromatic carbocycles. The third kappa shape index (κ3) is 4.08. The van der Waals surface area contributed by atoms with Gasteiger partial charge in [-0.2, -0.15) is 0 Å². The molecule has 1 aromatic rings. The van der Waals surface area contributed by atoms with E-state index in [1.165, 1.54) is 0 Å². The van der Waals surface area contributed by atoms with Crippen LogP contribution in [0, 0.1) is 5.92 Å². The Labute approximate surface area is 110 Å². The van der Waals surface area contributed by atoms with Crippen molar-refractivity contribution in [3.63, 3.8) is 0 Å². The zero-order chi connectivity index (χ0) is 13.7. The summed E-state index contributed by atoms with van der Waals surface area (Å²) in [4.78, 5) is 28.0. The summed E-state index contributed by atoms with van der Waals surface area (Å²) in [6, 6.07) is 0. The molecule has 6 nitrogen and oxygen atoms in total. The number of thiazole rings is 1. The van der Waals surface area contributed by atoms with Gasteiger partial charge in [-0.1, -0.05) is 6.92 Å². The fourth-order valence-corrected chi connectivity index (χ4v) is 2.26. The summed E-state index contributed by atoms with van der Waals surface area (Å²) in [5, 5.41) is 13.2. The molecule has 0 saturated carbocycles. The number of hydrogen-bond acceptors (Lipinski definition) is 5. The van der Waals surface area contributed by atoms with Crippen LogP contribution in [0.4, 0.5) is 0 Å². The van der Waals surface area contributed by atoms with Crippen LogP contribution in [0.15, 0.2) is 5.38 Å². The van der Waals surface area contributed by atoms with Gasteiger partial charge in [-0.05, 0) is 7.05 Å². The van der Waals surface area contributed by atoms with E-state index in [1.807, 2.05) is 18.9 Å². The molecule has 0 radical (unpaired) electrons. The van der Waals surface area contributed by atoms with Gasteiger partial charge < -0.3 is 10.4 Å². The average molecular weight is 271 g/mol. The van der Waals surface area contributed by atoms with E-state index >= 15 is 0 Å². The second kappa shape index (κ2) is 6.46. The van der Waals surface area contributed by atoms with E-state index in [1.54, 1.807) is 12.4 Å². The van der Waals surface area contributed by atoms with Crippen molar-refractivity contribution >= 4 is 23.2 Å². The Bertz CT molecular complexity index is 433. The smallest absolute Gasteiger partial charge is 0.365 e. The normalized spacial score (nSPS) is 12.4. The Morgan fingerprint density at radius 3 is 2.78 bits per heavy atom. The number of nitrogens with zero attached hydrogens (tertiary/aromatic N) is 2. The maximum absolute atomic E-state index is 11.4. The largest absolute Gasteiger partial charge is 0.476 e.